The molecule has 0 aliphatic heterocycles. The first-order valence-corrected chi connectivity index (χ1v) is 7.28. The second kappa shape index (κ2) is 5.91. The number of aromatic nitrogens is 2. The highest BCUT2D eigenvalue weighted by molar-refractivity contribution is 5.85. The zero-order valence-corrected chi connectivity index (χ0v) is 13.2. The van der Waals surface area contributed by atoms with Crippen molar-refractivity contribution in [2.75, 3.05) is 0 Å². The highest BCUT2D eigenvalue weighted by Crippen LogP contribution is 2.51. The van der Waals surface area contributed by atoms with Crippen LogP contribution in [0.3, 0.4) is 0 Å². The van der Waals surface area contributed by atoms with Crippen molar-refractivity contribution < 1.29 is 0 Å². The van der Waals surface area contributed by atoms with Crippen LogP contribution in [0.1, 0.15) is 61.4 Å². The van der Waals surface area contributed by atoms with Crippen molar-refractivity contribution in [1.29, 1.82) is 5.26 Å². The van der Waals surface area contributed by atoms with Crippen LogP contribution in [0, 0.1) is 11.3 Å². The third-order valence-electron chi connectivity index (χ3n) is 4.96. The van der Waals surface area contributed by atoms with Gasteiger partial charge in [-0.15, -0.1) is 12.4 Å². The van der Waals surface area contributed by atoms with E-state index in [1.807, 2.05) is 18.3 Å². The quantitative estimate of drug-likeness (QED) is 0.919. The Morgan fingerprint density at radius 1 is 1.29 bits per heavy atom. The number of hydrogen-bond acceptors (Lipinski definition) is 2. The molecule has 0 radical (unpaired) electrons. The fourth-order valence-corrected chi connectivity index (χ4v) is 3.57. The predicted octanol–water partition coefficient (Wildman–Crippen LogP) is 4.30. The molecular formula is C17H20ClN3. The Bertz CT molecular complexity index is 647. The largest absolute Gasteiger partial charge is 0.282 e. The number of nitrogens with one attached hydrogen (secondary N) is 1. The first kappa shape index (κ1) is 15.6. The van der Waals surface area contributed by atoms with Crippen molar-refractivity contribution in [2.45, 2.75) is 44.4 Å². The van der Waals surface area contributed by atoms with Crippen LogP contribution in [-0.4, -0.2) is 10.2 Å². The van der Waals surface area contributed by atoms with Crippen molar-refractivity contribution in [3.63, 3.8) is 0 Å². The lowest BCUT2D eigenvalue weighted by atomic mass is 9.78. The van der Waals surface area contributed by atoms with Crippen molar-refractivity contribution in [2.24, 2.45) is 0 Å². The van der Waals surface area contributed by atoms with E-state index in [0.717, 1.165) is 24.8 Å². The number of hydrogen-bond donors (Lipinski definition) is 1. The van der Waals surface area contributed by atoms with Crippen LogP contribution in [-0.2, 0) is 5.41 Å². The van der Waals surface area contributed by atoms with Gasteiger partial charge >= 0.3 is 0 Å². The van der Waals surface area contributed by atoms with Gasteiger partial charge in [0.1, 0.15) is 0 Å². The van der Waals surface area contributed by atoms with Crippen molar-refractivity contribution in [1.82, 2.24) is 10.2 Å². The molecule has 0 bridgehead atoms. The predicted molar refractivity (Wildman–Crippen MR) is 85.7 cm³/mol. The van der Waals surface area contributed by atoms with Crippen molar-refractivity contribution in [3.8, 4) is 6.07 Å². The van der Waals surface area contributed by atoms with Gasteiger partial charge in [-0.1, -0.05) is 26.0 Å². The average molecular weight is 302 g/mol. The minimum Gasteiger partial charge on any atom is -0.282 e. The lowest BCUT2D eigenvalue weighted by Crippen LogP contribution is -2.22. The third kappa shape index (κ3) is 2.34. The normalized spacial score (nSPS) is 18.6. The Labute approximate surface area is 131 Å². The summed E-state index contributed by atoms with van der Waals surface area (Å²) in [5, 5.41) is 16.4. The average Bonchev–Trinajstić information content (AvgIpc) is 3.09. The zero-order valence-electron chi connectivity index (χ0n) is 12.4. The van der Waals surface area contributed by atoms with Gasteiger partial charge in [0.25, 0.3) is 0 Å². The van der Waals surface area contributed by atoms with Gasteiger partial charge < -0.3 is 0 Å². The minimum atomic E-state index is 0. The molecule has 1 heterocycles. The van der Waals surface area contributed by atoms with Gasteiger partial charge in [0.2, 0.25) is 0 Å². The molecule has 0 fully saturated rings. The number of halogens is 1. The van der Waals surface area contributed by atoms with Gasteiger partial charge in [0.15, 0.2) is 0 Å². The van der Waals surface area contributed by atoms with Gasteiger partial charge in [0.05, 0.1) is 17.8 Å². The third-order valence-corrected chi connectivity index (χ3v) is 4.96. The Balaban J connectivity index is 0.00000161. The number of nitrogens with zero attached hydrogens (tertiary/aromatic N) is 2. The molecule has 3 nitrogen and oxygen atoms in total. The SMILES string of the molecule is CCC1(CC)CC(c2ccc(C#N)cc2)c2cn[nH]c21.Cl. The highest BCUT2D eigenvalue weighted by Gasteiger charge is 2.43. The first-order valence-electron chi connectivity index (χ1n) is 7.28. The fourth-order valence-electron chi connectivity index (χ4n) is 3.57. The summed E-state index contributed by atoms with van der Waals surface area (Å²) < 4.78 is 0. The van der Waals surface area contributed by atoms with Gasteiger partial charge in [-0.25, -0.2) is 0 Å². The molecule has 1 aromatic carbocycles. The van der Waals surface area contributed by atoms with Crippen LogP contribution in [0.25, 0.3) is 0 Å². The number of H-pyrrole nitrogens is 1. The molecule has 1 unspecified atom stereocenters. The van der Waals surface area contributed by atoms with Gasteiger partial charge in [-0.2, -0.15) is 10.4 Å². The summed E-state index contributed by atoms with van der Waals surface area (Å²) in [6, 6.07) is 10.2. The summed E-state index contributed by atoms with van der Waals surface area (Å²) >= 11 is 0. The van der Waals surface area contributed by atoms with Crippen LogP contribution in [0.5, 0.6) is 0 Å². The van der Waals surface area contributed by atoms with E-state index >= 15 is 0 Å². The van der Waals surface area contributed by atoms with E-state index in [2.05, 4.69) is 42.2 Å². The molecule has 1 N–H and O–H groups in total. The Morgan fingerprint density at radius 3 is 2.52 bits per heavy atom. The van der Waals surface area contributed by atoms with Crippen LogP contribution in [0.2, 0.25) is 0 Å². The van der Waals surface area contributed by atoms with Gasteiger partial charge in [-0.3, -0.25) is 5.10 Å². The van der Waals surface area contributed by atoms with E-state index in [4.69, 9.17) is 5.26 Å². The molecule has 2 aromatic rings. The summed E-state index contributed by atoms with van der Waals surface area (Å²) in [6.45, 7) is 4.52. The van der Waals surface area contributed by atoms with E-state index in [9.17, 15) is 0 Å². The maximum atomic E-state index is 8.91. The second-order valence-electron chi connectivity index (χ2n) is 5.68. The molecule has 110 valence electrons. The van der Waals surface area contributed by atoms with Gasteiger partial charge in [0, 0.05) is 22.6 Å². The molecule has 0 amide bonds. The molecule has 0 saturated heterocycles. The van der Waals surface area contributed by atoms with Crippen LogP contribution < -0.4 is 0 Å². The number of nitriles is 1. The molecule has 1 atom stereocenters. The Morgan fingerprint density at radius 2 is 1.95 bits per heavy atom. The first-order chi connectivity index (χ1) is 9.74. The summed E-state index contributed by atoms with van der Waals surface area (Å²) in [6.07, 6.45) is 5.37. The second-order valence-corrected chi connectivity index (χ2v) is 5.68. The number of benzene rings is 1. The molecule has 1 aliphatic carbocycles. The fraction of sp³-hybridized carbons (Fsp3) is 0.412. The Hall–Kier alpha value is -1.79. The van der Waals surface area contributed by atoms with Crippen LogP contribution >= 0.6 is 12.4 Å². The molecule has 0 saturated carbocycles. The Kier molecular flexibility index (Phi) is 4.39. The molecule has 4 heteroatoms. The van der Waals surface area contributed by atoms with E-state index in [0.29, 0.717) is 5.92 Å². The van der Waals surface area contributed by atoms with Crippen LogP contribution in [0.4, 0.5) is 0 Å². The number of rotatable bonds is 3. The maximum absolute atomic E-state index is 8.91. The van der Waals surface area contributed by atoms with Crippen LogP contribution in [0.15, 0.2) is 30.5 Å². The van der Waals surface area contributed by atoms with Gasteiger partial charge in [-0.05, 0) is 37.0 Å². The number of aromatic amines is 1. The van der Waals surface area contributed by atoms with Crippen molar-refractivity contribution >= 4 is 12.4 Å². The molecular weight excluding hydrogens is 282 g/mol. The molecule has 1 aliphatic rings. The van der Waals surface area contributed by atoms with Crippen molar-refractivity contribution in [3.05, 3.63) is 52.8 Å². The van der Waals surface area contributed by atoms with E-state index in [1.165, 1.54) is 16.8 Å². The van der Waals surface area contributed by atoms with E-state index in [1.54, 1.807) is 0 Å². The monoisotopic (exact) mass is 301 g/mol. The molecule has 1 aromatic heterocycles. The lowest BCUT2D eigenvalue weighted by molar-refractivity contribution is 0.370. The van der Waals surface area contributed by atoms with E-state index in [-0.39, 0.29) is 17.8 Å². The topological polar surface area (TPSA) is 52.5 Å². The molecule has 0 spiro atoms. The summed E-state index contributed by atoms with van der Waals surface area (Å²) in [7, 11) is 0. The highest BCUT2D eigenvalue weighted by atomic mass is 35.5. The standard InChI is InChI=1S/C17H19N3.ClH/c1-3-17(4-2)9-14(15-11-19-20-16(15)17)13-7-5-12(10-18)6-8-13;/h5-8,11,14H,3-4,9H2,1-2H3,(H,19,20);1H. The molecule has 21 heavy (non-hydrogen) atoms. The molecule has 3 rings (SSSR count). The minimum absolute atomic E-state index is 0. The summed E-state index contributed by atoms with van der Waals surface area (Å²) in [5.41, 5.74) is 4.88. The lowest BCUT2D eigenvalue weighted by Gasteiger charge is -2.27. The summed E-state index contributed by atoms with van der Waals surface area (Å²) in [5.74, 6) is 0.399. The maximum Gasteiger partial charge on any atom is 0.0991 e. The smallest absolute Gasteiger partial charge is 0.0991 e. The summed E-state index contributed by atoms with van der Waals surface area (Å²) in [4.78, 5) is 0. The zero-order chi connectivity index (χ0) is 14.2. The number of fused-ring (bicyclic) bond motifs is 1. The van der Waals surface area contributed by atoms with E-state index < -0.39 is 0 Å².